The van der Waals surface area contributed by atoms with Gasteiger partial charge in [-0.1, -0.05) is 37.4 Å². The number of hydrogen-bond donors (Lipinski definition) is 1. The summed E-state index contributed by atoms with van der Waals surface area (Å²) in [5, 5.41) is 4.15. The standard InChI is InChI=1S/C16H24ClNO/c1-3-4-5-15(13-8-9-18-11-13)19-16-7-6-12(2)10-14(16)17/h6-7,10,13,15,18H,3-5,8-9,11H2,1-2H3/t13?,15-/m1/s1. The number of nitrogens with one attached hydrogen (secondary N) is 1. The van der Waals surface area contributed by atoms with Gasteiger partial charge in [0, 0.05) is 12.5 Å². The van der Waals surface area contributed by atoms with Gasteiger partial charge < -0.3 is 10.1 Å². The first-order valence-electron chi connectivity index (χ1n) is 7.34. The second-order valence-electron chi connectivity index (χ2n) is 5.49. The Balaban J connectivity index is 2.05. The second-order valence-corrected chi connectivity index (χ2v) is 5.89. The Kier molecular flexibility index (Phi) is 5.53. The van der Waals surface area contributed by atoms with E-state index in [4.69, 9.17) is 16.3 Å². The average molecular weight is 282 g/mol. The van der Waals surface area contributed by atoms with E-state index in [-0.39, 0.29) is 6.10 Å². The monoisotopic (exact) mass is 281 g/mol. The van der Waals surface area contributed by atoms with E-state index in [1.165, 1.54) is 24.8 Å². The van der Waals surface area contributed by atoms with Crippen molar-refractivity contribution in [3.05, 3.63) is 28.8 Å². The van der Waals surface area contributed by atoms with Crippen LogP contribution in [-0.4, -0.2) is 19.2 Å². The van der Waals surface area contributed by atoms with Gasteiger partial charge in [0.2, 0.25) is 0 Å². The van der Waals surface area contributed by atoms with E-state index >= 15 is 0 Å². The number of unbranched alkanes of at least 4 members (excludes halogenated alkanes) is 1. The zero-order chi connectivity index (χ0) is 13.7. The van der Waals surface area contributed by atoms with Crippen molar-refractivity contribution < 1.29 is 4.74 Å². The van der Waals surface area contributed by atoms with Crippen molar-refractivity contribution in [3.63, 3.8) is 0 Å². The van der Waals surface area contributed by atoms with E-state index < -0.39 is 0 Å². The quantitative estimate of drug-likeness (QED) is 0.844. The molecule has 1 aromatic rings. The summed E-state index contributed by atoms with van der Waals surface area (Å²) in [5.41, 5.74) is 1.17. The van der Waals surface area contributed by atoms with Crippen molar-refractivity contribution in [1.82, 2.24) is 5.32 Å². The van der Waals surface area contributed by atoms with Crippen LogP contribution in [0, 0.1) is 12.8 Å². The molecule has 0 spiro atoms. The second kappa shape index (κ2) is 7.16. The predicted molar refractivity (Wildman–Crippen MR) is 81.1 cm³/mol. The van der Waals surface area contributed by atoms with Crippen LogP contribution >= 0.6 is 11.6 Å². The molecule has 0 bridgehead atoms. The molecule has 2 atom stereocenters. The van der Waals surface area contributed by atoms with E-state index in [0.29, 0.717) is 5.92 Å². The van der Waals surface area contributed by atoms with Crippen LogP contribution in [0.4, 0.5) is 0 Å². The molecule has 1 unspecified atom stereocenters. The average Bonchev–Trinajstić information content (AvgIpc) is 2.90. The number of hydrogen-bond acceptors (Lipinski definition) is 2. The van der Waals surface area contributed by atoms with E-state index in [1.54, 1.807) is 0 Å². The number of halogens is 1. The molecular formula is C16H24ClNO. The summed E-state index contributed by atoms with van der Waals surface area (Å²) in [6.45, 7) is 6.45. The topological polar surface area (TPSA) is 21.3 Å². The molecule has 1 aliphatic rings. The van der Waals surface area contributed by atoms with Crippen molar-refractivity contribution in [2.45, 2.75) is 45.6 Å². The zero-order valence-corrected chi connectivity index (χ0v) is 12.7. The Hall–Kier alpha value is -0.730. The van der Waals surface area contributed by atoms with Gasteiger partial charge in [-0.15, -0.1) is 0 Å². The van der Waals surface area contributed by atoms with Gasteiger partial charge in [-0.25, -0.2) is 0 Å². The van der Waals surface area contributed by atoms with Crippen molar-refractivity contribution in [1.29, 1.82) is 0 Å². The molecule has 3 heteroatoms. The lowest BCUT2D eigenvalue weighted by molar-refractivity contribution is 0.131. The fraction of sp³-hybridized carbons (Fsp3) is 0.625. The van der Waals surface area contributed by atoms with Crippen LogP contribution in [0.1, 0.15) is 38.2 Å². The molecule has 0 amide bonds. The Morgan fingerprint density at radius 1 is 1.47 bits per heavy atom. The number of benzene rings is 1. The SMILES string of the molecule is CCCC[C@@H](Oc1ccc(C)cc1Cl)C1CCNC1. The molecule has 106 valence electrons. The van der Waals surface area contributed by atoms with Gasteiger partial charge in [0.25, 0.3) is 0 Å². The number of aryl methyl sites for hydroxylation is 1. The maximum absolute atomic E-state index is 6.27. The van der Waals surface area contributed by atoms with Crippen LogP contribution in [0.2, 0.25) is 5.02 Å². The minimum atomic E-state index is 0.287. The number of ether oxygens (including phenoxy) is 1. The van der Waals surface area contributed by atoms with Gasteiger partial charge in [0.15, 0.2) is 0 Å². The molecule has 1 fully saturated rings. The van der Waals surface area contributed by atoms with Crippen LogP contribution < -0.4 is 10.1 Å². The minimum Gasteiger partial charge on any atom is -0.489 e. The summed E-state index contributed by atoms with van der Waals surface area (Å²) in [6.07, 6.45) is 5.03. The molecule has 0 saturated carbocycles. The van der Waals surface area contributed by atoms with Gasteiger partial charge in [0.1, 0.15) is 11.9 Å². The summed E-state index contributed by atoms with van der Waals surface area (Å²) in [6, 6.07) is 6.03. The highest BCUT2D eigenvalue weighted by molar-refractivity contribution is 6.32. The molecule has 1 heterocycles. The molecule has 1 saturated heterocycles. The minimum absolute atomic E-state index is 0.287. The fourth-order valence-electron chi connectivity index (χ4n) is 2.66. The number of rotatable bonds is 6. The summed E-state index contributed by atoms with van der Waals surface area (Å²) in [5.74, 6) is 1.45. The largest absolute Gasteiger partial charge is 0.489 e. The summed E-state index contributed by atoms with van der Waals surface area (Å²) >= 11 is 6.27. The lowest BCUT2D eigenvalue weighted by Gasteiger charge is -2.25. The predicted octanol–water partition coefficient (Wildman–Crippen LogP) is 4.20. The maximum atomic E-state index is 6.27. The normalized spacial score (nSPS) is 20.5. The highest BCUT2D eigenvalue weighted by atomic mass is 35.5. The first-order valence-corrected chi connectivity index (χ1v) is 7.72. The van der Waals surface area contributed by atoms with Crippen LogP contribution in [-0.2, 0) is 0 Å². The Labute approximate surface area is 121 Å². The van der Waals surface area contributed by atoms with E-state index in [1.807, 2.05) is 19.1 Å². The van der Waals surface area contributed by atoms with Crippen LogP contribution in [0.15, 0.2) is 18.2 Å². The molecular weight excluding hydrogens is 258 g/mol. The van der Waals surface area contributed by atoms with E-state index in [2.05, 4.69) is 18.3 Å². The third kappa shape index (κ3) is 4.12. The van der Waals surface area contributed by atoms with Crippen molar-refractivity contribution in [2.75, 3.05) is 13.1 Å². The van der Waals surface area contributed by atoms with Crippen LogP contribution in [0.25, 0.3) is 0 Å². The lowest BCUT2D eigenvalue weighted by atomic mass is 9.97. The third-order valence-corrected chi connectivity index (χ3v) is 4.13. The van der Waals surface area contributed by atoms with Crippen LogP contribution in [0.5, 0.6) is 5.75 Å². The van der Waals surface area contributed by atoms with Gasteiger partial charge in [0.05, 0.1) is 5.02 Å². The Bertz CT molecular complexity index is 402. The molecule has 2 nitrogen and oxygen atoms in total. The zero-order valence-electron chi connectivity index (χ0n) is 11.9. The highest BCUT2D eigenvalue weighted by Crippen LogP contribution is 2.30. The van der Waals surface area contributed by atoms with E-state index in [0.717, 1.165) is 30.3 Å². The van der Waals surface area contributed by atoms with Crippen molar-refractivity contribution >= 4 is 11.6 Å². The highest BCUT2D eigenvalue weighted by Gasteiger charge is 2.26. The fourth-order valence-corrected chi connectivity index (χ4v) is 2.93. The Morgan fingerprint density at radius 3 is 2.95 bits per heavy atom. The smallest absolute Gasteiger partial charge is 0.138 e. The van der Waals surface area contributed by atoms with Crippen molar-refractivity contribution in [3.8, 4) is 5.75 Å². The molecule has 2 rings (SSSR count). The first kappa shape index (κ1) is 14.7. The van der Waals surface area contributed by atoms with Gasteiger partial charge in [-0.2, -0.15) is 0 Å². The van der Waals surface area contributed by atoms with Gasteiger partial charge in [-0.3, -0.25) is 0 Å². The van der Waals surface area contributed by atoms with Gasteiger partial charge >= 0.3 is 0 Å². The molecule has 0 aliphatic carbocycles. The van der Waals surface area contributed by atoms with Crippen molar-refractivity contribution in [2.24, 2.45) is 5.92 Å². The van der Waals surface area contributed by atoms with E-state index in [9.17, 15) is 0 Å². The molecule has 1 aliphatic heterocycles. The molecule has 0 aromatic heterocycles. The molecule has 1 aromatic carbocycles. The summed E-state index contributed by atoms with van der Waals surface area (Å²) < 4.78 is 6.21. The maximum Gasteiger partial charge on any atom is 0.138 e. The first-order chi connectivity index (χ1) is 9.20. The lowest BCUT2D eigenvalue weighted by Crippen LogP contribution is -2.29. The third-order valence-electron chi connectivity index (χ3n) is 3.83. The summed E-state index contributed by atoms with van der Waals surface area (Å²) in [7, 11) is 0. The Morgan fingerprint density at radius 2 is 2.32 bits per heavy atom. The van der Waals surface area contributed by atoms with Gasteiger partial charge in [-0.05, 0) is 44.0 Å². The molecule has 19 heavy (non-hydrogen) atoms. The van der Waals surface area contributed by atoms with Crippen LogP contribution in [0.3, 0.4) is 0 Å². The molecule has 0 radical (unpaired) electrons. The summed E-state index contributed by atoms with van der Waals surface area (Å²) in [4.78, 5) is 0. The molecule has 1 N–H and O–H groups in total.